The highest BCUT2D eigenvalue weighted by Gasteiger charge is 2.15. The van der Waals surface area contributed by atoms with Gasteiger partial charge in [0.25, 0.3) is 0 Å². The summed E-state index contributed by atoms with van der Waals surface area (Å²) in [6, 6.07) is 6.17. The molecule has 0 aromatic heterocycles. The number of rotatable bonds is 3. The minimum Gasteiger partial charge on any atom is -0.468 e. The first-order chi connectivity index (χ1) is 7.70. The summed E-state index contributed by atoms with van der Waals surface area (Å²) in [5.41, 5.74) is 3.58. The van der Waals surface area contributed by atoms with Gasteiger partial charge in [0.1, 0.15) is 6.54 Å². The van der Waals surface area contributed by atoms with E-state index >= 15 is 0 Å². The van der Waals surface area contributed by atoms with Gasteiger partial charge in [-0.3, -0.25) is 4.79 Å². The van der Waals surface area contributed by atoms with Crippen LogP contribution < -0.4 is 10.2 Å². The maximum absolute atomic E-state index is 11.0. The number of fused-ring (bicyclic) bond motifs is 1. The Labute approximate surface area is 95.2 Å². The number of esters is 1. The lowest BCUT2D eigenvalue weighted by Crippen LogP contribution is -2.15. The SMILES string of the molecule is COC(=O)CNc1ccc2c(c1)CCN2C. The Morgan fingerprint density at radius 1 is 1.56 bits per heavy atom. The van der Waals surface area contributed by atoms with Crippen LogP contribution in [0.4, 0.5) is 11.4 Å². The fourth-order valence-electron chi connectivity index (χ4n) is 1.92. The molecule has 4 heteroatoms. The van der Waals surface area contributed by atoms with E-state index in [-0.39, 0.29) is 12.5 Å². The molecular weight excluding hydrogens is 204 g/mol. The van der Waals surface area contributed by atoms with Crippen LogP contribution in [-0.4, -0.2) is 33.2 Å². The monoisotopic (exact) mass is 220 g/mol. The maximum atomic E-state index is 11.0. The Balaban J connectivity index is 2.05. The molecule has 0 aliphatic carbocycles. The van der Waals surface area contributed by atoms with E-state index in [0.29, 0.717) is 0 Å². The van der Waals surface area contributed by atoms with Gasteiger partial charge in [0.15, 0.2) is 0 Å². The molecule has 2 rings (SSSR count). The molecule has 1 heterocycles. The van der Waals surface area contributed by atoms with E-state index in [1.165, 1.54) is 18.4 Å². The number of nitrogens with one attached hydrogen (secondary N) is 1. The number of anilines is 2. The van der Waals surface area contributed by atoms with Crippen LogP contribution in [0.15, 0.2) is 18.2 Å². The maximum Gasteiger partial charge on any atom is 0.325 e. The average Bonchev–Trinajstić information content (AvgIpc) is 2.67. The third kappa shape index (κ3) is 2.10. The normalized spacial score (nSPS) is 13.5. The van der Waals surface area contributed by atoms with Gasteiger partial charge in [0, 0.05) is 25.0 Å². The molecule has 0 fully saturated rings. The molecule has 0 saturated carbocycles. The summed E-state index contributed by atoms with van der Waals surface area (Å²) in [4.78, 5) is 13.2. The summed E-state index contributed by atoms with van der Waals surface area (Å²) in [6.07, 6.45) is 1.07. The molecule has 1 N–H and O–H groups in total. The van der Waals surface area contributed by atoms with Crippen LogP contribution in [0.3, 0.4) is 0 Å². The first-order valence-electron chi connectivity index (χ1n) is 5.35. The van der Waals surface area contributed by atoms with Crippen molar-refractivity contribution in [2.45, 2.75) is 6.42 Å². The molecule has 16 heavy (non-hydrogen) atoms. The van der Waals surface area contributed by atoms with Gasteiger partial charge in [-0.15, -0.1) is 0 Å². The topological polar surface area (TPSA) is 41.6 Å². The largest absolute Gasteiger partial charge is 0.468 e. The molecule has 0 amide bonds. The van der Waals surface area contributed by atoms with Crippen molar-refractivity contribution in [3.8, 4) is 0 Å². The van der Waals surface area contributed by atoms with E-state index in [1.807, 2.05) is 6.07 Å². The first-order valence-corrected chi connectivity index (χ1v) is 5.35. The molecule has 0 radical (unpaired) electrons. The van der Waals surface area contributed by atoms with Crippen LogP contribution in [0.5, 0.6) is 0 Å². The van der Waals surface area contributed by atoms with Crippen molar-refractivity contribution in [3.05, 3.63) is 23.8 Å². The molecule has 0 saturated heterocycles. The van der Waals surface area contributed by atoms with Crippen LogP contribution in [0.1, 0.15) is 5.56 Å². The Kier molecular flexibility index (Phi) is 2.99. The lowest BCUT2D eigenvalue weighted by atomic mass is 10.1. The van der Waals surface area contributed by atoms with Crippen LogP contribution in [0.25, 0.3) is 0 Å². The minimum atomic E-state index is -0.252. The molecule has 0 spiro atoms. The average molecular weight is 220 g/mol. The van der Waals surface area contributed by atoms with Crippen molar-refractivity contribution in [3.63, 3.8) is 0 Å². The van der Waals surface area contributed by atoms with Crippen LogP contribution in [0.2, 0.25) is 0 Å². The van der Waals surface area contributed by atoms with Crippen molar-refractivity contribution in [1.29, 1.82) is 0 Å². The van der Waals surface area contributed by atoms with E-state index < -0.39 is 0 Å². The van der Waals surface area contributed by atoms with Crippen molar-refractivity contribution >= 4 is 17.3 Å². The lowest BCUT2D eigenvalue weighted by molar-refractivity contribution is -0.138. The molecule has 1 aliphatic heterocycles. The lowest BCUT2D eigenvalue weighted by Gasteiger charge is -2.12. The van der Waals surface area contributed by atoms with E-state index in [2.05, 4.69) is 34.1 Å². The van der Waals surface area contributed by atoms with E-state index in [9.17, 15) is 4.79 Å². The number of ether oxygens (including phenoxy) is 1. The van der Waals surface area contributed by atoms with Gasteiger partial charge in [-0.1, -0.05) is 0 Å². The first kappa shape index (κ1) is 10.8. The number of hydrogen-bond acceptors (Lipinski definition) is 4. The smallest absolute Gasteiger partial charge is 0.325 e. The van der Waals surface area contributed by atoms with Crippen LogP contribution in [-0.2, 0) is 16.0 Å². The molecule has 1 aromatic rings. The Bertz CT molecular complexity index is 404. The van der Waals surface area contributed by atoms with Gasteiger partial charge in [-0.25, -0.2) is 0 Å². The minimum absolute atomic E-state index is 0.213. The van der Waals surface area contributed by atoms with Crippen LogP contribution >= 0.6 is 0 Å². The third-order valence-corrected chi connectivity index (χ3v) is 2.87. The molecule has 0 bridgehead atoms. The predicted molar refractivity (Wildman–Crippen MR) is 63.9 cm³/mol. The van der Waals surface area contributed by atoms with Gasteiger partial charge in [0.2, 0.25) is 0 Å². The second kappa shape index (κ2) is 4.43. The number of likely N-dealkylation sites (N-methyl/N-ethyl adjacent to an activating group) is 1. The van der Waals surface area contributed by atoms with E-state index in [1.54, 1.807) is 0 Å². The van der Waals surface area contributed by atoms with Gasteiger partial charge in [0.05, 0.1) is 7.11 Å². The molecule has 0 unspecified atom stereocenters. The molecule has 0 atom stereocenters. The number of nitrogens with zero attached hydrogens (tertiary/aromatic N) is 1. The quantitative estimate of drug-likeness (QED) is 0.779. The summed E-state index contributed by atoms with van der Waals surface area (Å²) in [6.45, 7) is 1.28. The van der Waals surface area contributed by atoms with Crippen molar-refractivity contribution in [2.75, 3.05) is 37.5 Å². The van der Waals surface area contributed by atoms with E-state index in [4.69, 9.17) is 0 Å². The van der Waals surface area contributed by atoms with Gasteiger partial charge in [-0.2, -0.15) is 0 Å². The number of carbonyl (C=O) groups excluding carboxylic acids is 1. The summed E-state index contributed by atoms with van der Waals surface area (Å²) >= 11 is 0. The van der Waals surface area contributed by atoms with Crippen molar-refractivity contribution in [1.82, 2.24) is 0 Å². The van der Waals surface area contributed by atoms with Gasteiger partial charge >= 0.3 is 5.97 Å². The highest BCUT2D eigenvalue weighted by atomic mass is 16.5. The number of methoxy groups -OCH3 is 1. The summed E-state index contributed by atoms with van der Waals surface area (Å²) in [5, 5.41) is 3.05. The fourth-order valence-corrected chi connectivity index (χ4v) is 1.92. The van der Waals surface area contributed by atoms with Crippen LogP contribution in [0, 0.1) is 0 Å². The Hall–Kier alpha value is -1.71. The number of carbonyl (C=O) groups is 1. The van der Waals surface area contributed by atoms with Crippen molar-refractivity contribution in [2.24, 2.45) is 0 Å². The summed E-state index contributed by atoms with van der Waals surface area (Å²) in [7, 11) is 3.48. The summed E-state index contributed by atoms with van der Waals surface area (Å²) < 4.78 is 4.57. The molecule has 4 nitrogen and oxygen atoms in total. The second-order valence-electron chi connectivity index (χ2n) is 3.94. The second-order valence-corrected chi connectivity index (χ2v) is 3.94. The molecule has 1 aliphatic rings. The summed E-state index contributed by atoms with van der Waals surface area (Å²) in [5.74, 6) is -0.252. The zero-order valence-corrected chi connectivity index (χ0v) is 9.62. The molecule has 1 aromatic carbocycles. The molecular formula is C12H16N2O2. The third-order valence-electron chi connectivity index (χ3n) is 2.87. The van der Waals surface area contributed by atoms with Crippen molar-refractivity contribution < 1.29 is 9.53 Å². The fraction of sp³-hybridized carbons (Fsp3) is 0.417. The zero-order chi connectivity index (χ0) is 11.5. The Morgan fingerprint density at radius 3 is 3.12 bits per heavy atom. The zero-order valence-electron chi connectivity index (χ0n) is 9.62. The molecule has 86 valence electrons. The highest BCUT2D eigenvalue weighted by Crippen LogP contribution is 2.28. The highest BCUT2D eigenvalue weighted by molar-refractivity contribution is 5.75. The standard InChI is InChI=1S/C12H16N2O2/c1-14-6-5-9-7-10(3-4-11(9)14)13-8-12(15)16-2/h3-4,7,13H,5-6,8H2,1-2H3. The number of hydrogen-bond donors (Lipinski definition) is 1. The Morgan fingerprint density at radius 2 is 2.38 bits per heavy atom. The van der Waals surface area contributed by atoms with Gasteiger partial charge in [-0.05, 0) is 30.2 Å². The number of benzene rings is 1. The van der Waals surface area contributed by atoms with E-state index in [0.717, 1.165) is 18.7 Å². The predicted octanol–water partition coefficient (Wildman–Crippen LogP) is 1.26. The van der Waals surface area contributed by atoms with Gasteiger partial charge < -0.3 is 15.0 Å².